The van der Waals surface area contributed by atoms with Gasteiger partial charge in [-0.1, -0.05) is 35.3 Å². The highest BCUT2D eigenvalue weighted by molar-refractivity contribution is 6.32. The van der Waals surface area contributed by atoms with E-state index in [4.69, 9.17) is 32.7 Å². The van der Waals surface area contributed by atoms with Gasteiger partial charge in [0.25, 0.3) is 0 Å². The summed E-state index contributed by atoms with van der Waals surface area (Å²) in [5, 5.41) is 4.41. The molecule has 0 fully saturated rings. The van der Waals surface area contributed by atoms with Gasteiger partial charge in [-0.15, -0.1) is 0 Å². The SMILES string of the molecule is CCOC(=O)Oc1c2cc(Cl)ccc2cc2ccc(Cl)cc12. The fourth-order valence-electron chi connectivity index (χ4n) is 2.36. The number of benzene rings is 3. The average Bonchev–Trinajstić information content (AvgIpc) is 2.48. The summed E-state index contributed by atoms with van der Waals surface area (Å²) in [7, 11) is 0. The molecule has 3 rings (SSSR count). The molecule has 3 aromatic carbocycles. The highest BCUT2D eigenvalue weighted by Gasteiger charge is 2.14. The van der Waals surface area contributed by atoms with Crippen molar-refractivity contribution in [3.05, 3.63) is 52.5 Å². The Kier molecular flexibility index (Phi) is 4.10. The Balaban J connectivity index is 2.31. The molecule has 0 amide bonds. The molecule has 0 saturated carbocycles. The molecule has 0 unspecified atom stereocenters. The van der Waals surface area contributed by atoms with E-state index >= 15 is 0 Å². The maximum Gasteiger partial charge on any atom is 0.513 e. The lowest BCUT2D eigenvalue weighted by Crippen LogP contribution is -2.10. The predicted octanol–water partition coefficient (Wildman–Crippen LogP) is 5.84. The van der Waals surface area contributed by atoms with Gasteiger partial charge in [-0.05, 0) is 48.0 Å². The maximum absolute atomic E-state index is 11.8. The summed E-state index contributed by atoms with van der Waals surface area (Å²) in [5.41, 5.74) is 0. The summed E-state index contributed by atoms with van der Waals surface area (Å²) in [6, 6.07) is 12.8. The molecule has 0 N–H and O–H groups in total. The molecular weight excluding hydrogens is 323 g/mol. The number of fused-ring (bicyclic) bond motifs is 2. The van der Waals surface area contributed by atoms with Crippen molar-refractivity contribution in [1.29, 1.82) is 0 Å². The molecule has 3 aromatic rings. The standard InChI is InChI=1S/C17H12Cl2O3/c1-2-21-17(20)22-16-14-8-12(18)5-3-10(14)7-11-4-6-13(19)9-15(11)16/h3-9H,2H2,1H3. The first-order chi connectivity index (χ1) is 10.6. The zero-order chi connectivity index (χ0) is 15.7. The van der Waals surface area contributed by atoms with Gasteiger partial charge >= 0.3 is 6.16 Å². The van der Waals surface area contributed by atoms with Crippen molar-refractivity contribution in [3.63, 3.8) is 0 Å². The van der Waals surface area contributed by atoms with Crippen molar-refractivity contribution in [3.8, 4) is 5.75 Å². The lowest BCUT2D eigenvalue weighted by molar-refractivity contribution is 0.105. The third-order valence-corrected chi connectivity index (χ3v) is 3.75. The molecule has 0 atom stereocenters. The van der Waals surface area contributed by atoms with Gasteiger partial charge in [0.05, 0.1) is 6.61 Å². The molecule has 0 spiro atoms. The fraction of sp³-hybridized carbons (Fsp3) is 0.118. The van der Waals surface area contributed by atoms with Gasteiger partial charge < -0.3 is 9.47 Å². The van der Waals surface area contributed by atoms with E-state index in [-0.39, 0.29) is 6.61 Å². The van der Waals surface area contributed by atoms with E-state index in [0.717, 1.165) is 21.5 Å². The van der Waals surface area contributed by atoms with Crippen LogP contribution in [0.25, 0.3) is 21.5 Å². The molecule has 0 aliphatic heterocycles. The number of hydrogen-bond donors (Lipinski definition) is 0. The van der Waals surface area contributed by atoms with Crippen LogP contribution in [0.4, 0.5) is 4.79 Å². The van der Waals surface area contributed by atoms with Crippen LogP contribution in [0, 0.1) is 0 Å². The molecule has 0 heterocycles. The van der Waals surface area contributed by atoms with Crippen LogP contribution >= 0.6 is 23.2 Å². The summed E-state index contributed by atoms with van der Waals surface area (Å²) >= 11 is 12.1. The molecule has 3 nitrogen and oxygen atoms in total. The third-order valence-electron chi connectivity index (χ3n) is 3.28. The van der Waals surface area contributed by atoms with Crippen LogP contribution in [-0.2, 0) is 4.74 Å². The van der Waals surface area contributed by atoms with Gasteiger partial charge in [0.2, 0.25) is 0 Å². The number of ether oxygens (including phenoxy) is 2. The Hall–Kier alpha value is -1.97. The van der Waals surface area contributed by atoms with Gasteiger partial charge in [0.15, 0.2) is 0 Å². The second-order valence-corrected chi connectivity index (χ2v) is 5.59. The lowest BCUT2D eigenvalue weighted by atomic mass is 10.0. The van der Waals surface area contributed by atoms with Crippen LogP contribution in [0.5, 0.6) is 5.75 Å². The molecule has 5 heteroatoms. The molecule has 112 valence electrons. The first kappa shape index (κ1) is 14.9. The van der Waals surface area contributed by atoms with Gasteiger partial charge in [-0.25, -0.2) is 4.79 Å². The van der Waals surface area contributed by atoms with Gasteiger partial charge in [-0.2, -0.15) is 0 Å². The van der Waals surface area contributed by atoms with Crippen LogP contribution in [-0.4, -0.2) is 12.8 Å². The van der Waals surface area contributed by atoms with Crippen LogP contribution in [0.1, 0.15) is 6.92 Å². The zero-order valence-corrected chi connectivity index (χ0v) is 13.2. The molecule has 22 heavy (non-hydrogen) atoms. The minimum atomic E-state index is -0.753. The Morgan fingerprint density at radius 3 is 2.00 bits per heavy atom. The van der Waals surface area contributed by atoms with Crippen molar-refractivity contribution in [2.24, 2.45) is 0 Å². The molecule has 0 aliphatic rings. The van der Waals surface area contributed by atoms with Crippen molar-refractivity contribution >= 4 is 50.9 Å². The van der Waals surface area contributed by atoms with E-state index < -0.39 is 6.16 Å². The van der Waals surface area contributed by atoms with Crippen LogP contribution in [0.2, 0.25) is 10.0 Å². The van der Waals surface area contributed by atoms with E-state index in [1.165, 1.54) is 0 Å². The summed E-state index contributed by atoms with van der Waals surface area (Å²) in [5.74, 6) is 0.399. The third kappa shape index (κ3) is 2.82. The monoisotopic (exact) mass is 334 g/mol. The smallest absolute Gasteiger partial charge is 0.434 e. The van der Waals surface area contributed by atoms with Crippen molar-refractivity contribution in [2.45, 2.75) is 6.92 Å². The van der Waals surface area contributed by atoms with E-state index in [1.54, 1.807) is 31.2 Å². The van der Waals surface area contributed by atoms with Crippen LogP contribution < -0.4 is 4.74 Å². The van der Waals surface area contributed by atoms with Gasteiger partial charge in [0.1, 0.15) is 5.75 Å². The normalized spacial score (nSPS) is 10.9. The number of rotatable bonds is 2. The maximum atomic E-state index is 11.8. The zero-order valence-electron chi connectivity index (χ0n) is 11.7. The van der Waals surface area contributed by atoms with Gasteiger partial charge in [-0.3, -0.25) is 0 Å². The predicted molar refractivity (Wildman–Crippen MR) is 89.1 cm³/mol. The number of halogens is 2. The fourth-order valence-corrected chi connectivity index (χ4v) is 2.70. The molecule has 0 bridgehead atoms. The van der Waals surface area contributed by atoms with Crippen LogP contribution in [0.3, 0.4) is 0 Å². The average molecular weight is 335 g/mol. The second kappa shape index (κ2) is 6.03. The largest absolute Gasteiger partial charge is 0.513 e. The molecular formula is C17H12Cl2O3. The van der Waals surface area contributed by atoms with E-state index in [1.807, 2.05) is 18.2 Å². The highest BCUT2D eigenvalue weighted by atomic mass is 35.5. The van der Waals surface area contributed by atoms with E-state index in [0.29, 0.717) is 15.8 Å². The van der Waals surface area contributed by atoms with E-state index in [9.17, 15) is 4.79 Å². The molecule has 0 aromatic heterocycles. The highest BCUT2D eigenvalue weighted by Crippen LogP contribution is 2.37. The molecule has 0 saturated heterocycles. The number of carbonyl (C=O) groups is 1. The summed E-state index contributed by atoms with van der Waals surface area (Å²) in [4.78, 5) is 11.8. The topological polar surface area (TPSA) is 35.5 Å². The first-order valence-corrected chi connectivity index (χ1v) is 7.50. The second-order valence-electron chi connectivity index (χ2n) is 4.72. The summed E-state index contributed by atoms with van der Waals surface area (Å²) in [6.45, 7) is 1.96. The van der Waals surface area contributed by atoms with Crippen molar-refractivity contribution in [2.75, 3.05) is 6.61 Å². The Morgan fingerprint density at radius 2 is 1.50 bits per heavy atom. The van der Waals surface area contributed by atoms with E-state index in [2.05, 4.69) is 0 Å². The first-order valence-electron chi connectivity index (χ1n) is 6.74. The Labute approximate surface area is 137 Å². The minimum Gasteiger partial charge on any atom is -0.434 e. The minimum absolute atomic E-state index is 0.239. The molecule has 0 aliphatic carbocycles. The van der Waals surface area contributed by atoms with Crippen LogP contribution in [0.15, 0.2) is 42.5 Å². The Morgan fingerprint density at radius 1 is 0.955 bits per heavy atom. The number of carbonyl (C=O) groups excluding carboxylic acids is 1. The molecule has 0 radical (unpaired) electrons. The van der Waals surface area contributed by atoms with Crippen molar-refractivity contribution in [1.82, 2.24) is 0 Å². The summed E-state index contributed by atoms with van der Waals surface area (Å²) in [6.07, 6.45) is -0.753. The Bertz CT molecular complexity index is 815. The van der Waals surface area contributed by atoms with Gasteiger partial charge in [0, 0.05) is 20.8 Å². The number of hydrogen-bond acceptors (Lipinski definition) is 3. The quantitative estimate of drug-likeness (QED) is 0.335. The summed E-state index contributed by atoms with van der Waals surface area (Å²) < 4.78 is 10.3. The lowest BCUT2D eigenvalue weighted by Gasteiger charge is -2.12. The van der Waals surface area contributed by atoms with Crippen molar-refractivity contribution < 1.29 is 14.3 Å².